The molecule has 0 saturated heterocycles. The van der Waals surface area contributed by atoms with Crippen molar-refractivity contribution in [3.05, 3.63) is 72.1 Å². The number of rotatable bonds is 13. The van der Waals surface area contributed by atoms with Crippen molar-refractivity contribution < 1.29 is 28.5 Å². The van der Waals surface area contributed by atoms with E-state index in [9.17, 15) is 4.79 Å². The highest BCUT2D eigenvalue weighted by atomic mass is 35.5. The van der Waals surface area contributed by atoms with Crippen LogP contribution in [-0.4, -0.2) is 39.1 Å². The Kier molecular flexibility index (Phi) is 12.4. The highest BCUT2D eigenvalue weighted by Gasteiger charge is 2.21. The number of hydrogen-bond donors (Lipinski definition) is 1. The molecule has 0 aliphatic heterocycles. The zero-order valence-electron chi connectivity index (χ0n) is 22.6. The van der Waals surface area contributed by atoms with E-state index >= 15 is 0 Å². The Balaban J connectivity index is 1.80. The first kappa shape index (κ1) is 32.8. The molecular weight excluding hydrogens is 638 g/mol. The number of hydrazone groups is 1. The Morgan fingerprint density at radius 2 is 1.32 bits per heavy atom. The summed E-state index contributed by atoms with van der Waals surface area (Å²) in [5.41, 5.74) is 4.08. The minimum absolute atomic E-state index is 0.00245. The number of ether oxygens (including phenoxy) is 5. The molecule has 0 aliphatic carbocycles. The number of carbonyl (C=O) groups excluding carboxylic acids is 1. The van der Waals surface area contributed by atoms with E-state index in [-0.39, 0.29) is 43.0 Å². The van der Waals surface area contributed by atoms with Crippen LogP contribution in [0.3, 0.4) is 0 Å². The van der Waals surface area contributed by atoms with E-state index in [1.165, 1.54) is 13.3 Å². The maximum absolute atomic E-state index is 12.9. The largest absolute Gasteiger partial charge is 0.496 e. The predicted octanol–water partition coefficient (Wildman–Crippen LogP) is 8.50. The van der Waals surface area contributed by atoms with Crippen molar-refractivity contribution >= 4 is 70.1 Å². The first-order valence-corrected chi connectivity index (χ1v) is 14.3. The van der Waals surface area contributed by atoms with Crippen LogP contribution in [0.1, 0.15) is 42.3 Å². The SMILES string of the molecule is CCOc1cc(C(=O)N/N=C/c2ccc(OC)c(COc3c(Cl)c(Cl)c(Cl)c(Cl)c3Cl)c2)cc(OCC)c1OCC. The molecule has 0 fully saturated rings. The second-order valence-electron chi connectivity index (χ2n) is 8.06. The number of hydrogen-bond acceptors (Lipinski definition) is 7. The van der Waals surface area contributed by atoms with Gasteiger partial charge in [-0.05, 0) is 56.7 Å². The average Bonchev–Trinajstić information content (AvgIpc) is 2.96. The molecule has 0 saturated carbocycles. The van der Waals surface area contributed by atoms with Gasteiger partial charge in [-0.25, -0.2) is 5.43 Å². The molecule has 0 aliphatic rings. The summed E-state index contributed by atoms with van der Waals surface area (Å²) >= 11 is 30.9. The van der Waals surface area contributed by atoms with Crippen molar-refractivity contribution in [2.45, 2.75) is 27.4 Å². The molecule has 3 aromatic rings. The van der Waals surface area contributed by atoms with Crippen molar-refractivity contribution in [2.75, 3.05) is 26.9 Å². The maximum atomic E-state index is 12.9. The summed E-state index contributed by atoms with van der Waals surface area (Å²) in [4.78, 5) is 12.9. The third-order valence-electron chi connectivity index (χ3n) is 5.40. The van der Waals surface area contributed by atoms with E-state index in [0.717, 1.165) is 0 Å². The molecule has 0 aromatic heterocycles. The van der Waals surface area contributed by atoms with E-state index in [0.29, 0.717) is 53.9 Å². The summed E-state index contributed by atoms with van der Waals surface area (Å²) < 4.78 is 28.3. The van der Waals surface area contributed by atoms with Gasteiger partial charge in [0.15, 0.2) is 17.2 Å². The fraction of sp³-hybridized carbons (Fsp3) is 0.286. The van der Waals surface area contributed by atoms with Crippen LogP contribution in [0, 0.1) is 0 Å². The lowest BCUT2D eigenvalue weighted by atomic mass is 10.1. The molecule has 0 unspecified atom stereocenters. The molecule has 1 N–H and O–H groups in total. The lowest BCUT2D eigenvalue weighted by Gasteiger charge is -2.16. The van der Waals surface area contributed by atoms with Gasteiger partial charge in [-0.3, -0.25) is 4.79 Å². The van der Waals surface area contributed by atoms with Gasteiger partial charge in [-0.1, -0.05) is 58.0 Å². The Morgan fingerprint density at radius 1 is 0.756 bits per heavy atom. The van der Waals surface area contributed by atoms with Gasteiger partial charge in [0.2, 0.25) is 5.75 Å². The first-order valence-electron chi connectivity index (χ1n) is 12.4. The lowest BCUT2D eigenvalue weighted by Crippen LogP contribution is -2.18. The van der Waals surface area contributed by atoms with Crippen molar-refractivity contribution in [3.63, 3.8) is 0 Å². The third-order valence-corrected chi connectivity index (χ3v) is 7.64. The van der Waals surface area contributed by atoms with Crippen LogP contribution in [0.15, 0.2) is 35.4 Å². The predicted molar refractivity (Wildman–Crippen MR) is 164 cm³/mol. The van der Waals surface area contributed by atoms with Crippen molar-refractivity contribution in [3.8, 4) is 28.7 Å². The highest BCUT2D eigenvalue weighted by molar-refractivity contribution is 6.55. The minimum atomic E-state index is -0.468. The average molecular weight is 665 g/mol. The van der Waals surface area contributed by atoms with E-state index in [4.69, 9.17) is 81.7 Å². The lowest BCUT2D eigenvalue weighted by molar-refractivity contribution is 0.0954. The van der Waals surface area contributed by atoms with Crippen LogP contribution in [0.4, 0.5) is 0 Å². The summed E-state index contributed by atoms with van der Waals surface area (Å²) in [5.74, 6) is 1.38. The van der Waals surface area contributed by atoms with Crippen LogP contribution in [0.25, 0.3) is 0 Å². The fourth-order valence-corrected chi connectivity index (χ4v) is 4.83. The summed E-state index contributed by atoms with van der Waals surface area (Å²) in [6.07, 6.45) is 1.47. The van der Waals surface area contributed by atoms with Gasteiger partial charge in [-0.2, -0.15) is 5.10 Å². The second kappa shape index (κ2) is 15.5. The highest BCUT2D eigenvalue weighted by Crippen LogP contribution is 2.48. The van der Waals surface area contributed by atoms with Crippen LogP contribution in [0.2, 0.25) is 25.1 Å². The molecule has 13 heteroatoms. The number of amides is 1. The van der Waals surface area contributed by atoms with Gasteiger partial charge in [0.1, 0.15) is 22.4 Å². The topological polar surface area (TPSA) is 87.6 Å². The van der Waals surface area contributed by atoms with Gasteiger partial charge in [0.25, 0.3) is 5.91 Å². The maximum Gasteiger partial charge on any atom is 0.271 e. The summed E-state index contributed by atoms with van der Waals surface area (Å²) in [6.45, 7) is 6.70. The first-order chi connectivity index (χ1) is 19.7. The van der Waals surface area contributed by atoms with Gasteiger partial charge in [0.05, 0.1) is 48.2 Å². The van der Waals surface area contributed by atoms with E-state index in [2.05, 4.69) is 10.5 Å². The quantitative estimate of drug-likeness (QED) is 0.0854. The number of benzene rings is 3. The normalized spacial score (nSPS) is 11.0. The molecule has 8 nitrogen and oxygen atoms in total. The standard InChI is InChI=1S/C28H27Cl5N2O6/c1-5-38-19-11-16(12-20(39-6-2)26(19)40-7-3)28(36)35-34-13-15-8-9-18(37-4)17(10-15)14-41-27-24(32)22(30)21(29)23(31)25(27)33/h8-13H,5-7,14H2,1-4H3,(H,35,36)/b34-13+. The molecule has 220 valence electrons. The van der Waals surface area contributed by atoms with Gasteiger partial charge in [-0.15, -0.1) is 0 Å². The molecule has 0 heterocycles. The van der Waals surface area contributed by atoms with Crippen LogP contribution >= 0.6 is 58.0 Å². The zero-order chi connectivity index (χ0) is 30.1. The summed E-state index contributed by atoms with van der Waals surface area (Å²) in [5, 5.41) is 4.23. The summed E-state index contributed by atoms with van der Waals surface area (Å²) in [7, 11) is 1.52. The second-order valence-corrected chi connectivity index (χ2v) is 9.95. The number of methoxy groups -OCH3 is 1. The number of nitrogens with one attached hydrogen (secondary N) is 1. The molecule has 0 bridgehead atoms. The molecule has 0 atom stereocenters. The van der Waals surface area contributed by atoms with E-state index < -0.39 is 5.91 Å². The van der Waals surface area contributed by atoms with Crippen molar-refractivity contribution in [1.29, 1.82) is 0 Å². The van der Waals surface area contributed by atoms with Gasteiger partial charge in [0, 0.05) is 11.1 Å². The fourth-order valence-electron chi connectivity index (χ4n) is 3.60. The zero-order valence-corrected chi connectivity index (χ0v) is 26.4. The molecular formula is C28H27Cl5N2O6. The van der Waals surface area contributed by atoms with Gasteiger partial charge < -0.3 is 23.7 Å². The van der Waals surface area contributed by atoms with Crippen LogP contribution in [0.5, 0.6) is 28.7 Å². The van der Waals surface area contributed by atoms with Crippen molar-refractivity contribution in [2.24, 2.45) is 5.10 Å². The van der Waals surface area contributed by atoms with E-state index in [1.807, 2.05) is 20.8 Å². The number of nitrogens with zero attached hydrogens (tertiary/aromatic N) is 1. The smallest absolute Gasteiger partial charge is 0.271 e. The minimum Gasteiger partial charge on any atom is -0.496 e. The molecule has 3 rings (SSSR count). The number of carbonyl (C=O) groups is 1. The van der Waals surface area contributed by atoms with Crippen LogP contribution in [-0.2, 0) is 6.61 Å². The molecule has 41 heavy (non-hydrogen) atoms. The Hall–Kier alpha value is -2.75. The summed E-state index contributed by atoms with van der Waals surface area (Å²) in [6, 6.07) is 8.40. The third kappa shape index (κ3) is 7.96. The Bertz CT molecular complexity index is 1380. The Morgan fingerprint density at radius 3 is 1.85 bits per heavy atom. The Labute approximate surface area is 263 Å². The van der Waals surface area contributed by atoms with Gasteiger partial charge >= 0.3 is 0 Å². The monoisotopic (exact) mass is 662 g/mol. The number of halogens is 5. The van der Waals surface area contributed by atoms with Crippen LogP contribution < -0.4 is 29.1 Å². The molecule has 3 aromatic carbocycles. The molecule has 1 amide bonds. The van der Waals surface area contributed by atoms with E-state index in [1.54, 1.807) is 30.3 Å². The molecule has 0 spiro atoms. The molecule has 0 radical (unpaired) electrons. The van der Waals surface area contributed by atoms with Crippen molar-refractivity contribution in [1.82, 2.24) is 5.43 Å².